The van der Waals surface area contributed by atoms with Crippen molar-refractivity contribution in [2.45, 2.75) is 37.8 Å². The molecule has 3 atom stereocenters. The Kier molecular flexibility index (Phi) is 7.16. The lowest BCUT2D eigenvalue weighted by Crippen LogP contribution is -2.50. The summed E-state index contributed by atoms with van der Waals surface area (Å²) in [5.74, 6) is -0.382. The van der Waals surface area contributed by atoms with Crippen LogP contribution in [-0.4, -0.2) is 35.2 Å². The summed E-state index contributed by atoms with van der Waals surface area (Å²) in [6.07, 6.45) is 4.53. The molecule has 2 N–H and O–H groups in total. The number of rotatable bonds is 9. The van der Waals surface area contributed by atoms with E-state index in [9.17, 15) is 9.59 Å². The van der Waals surface area contributed by atoms with Gasteiger partial charge in [-0.15, -0.1) is 6.58 Å². The first kappa shape index (κ1) is 21.5. The van der Waals surface area contributed by atoms with Crippen LogP contribution in [0.5, 0.6) is 0 Å². The van der Waals surface area contributed by atoms with Crippen molar-refractivity contribution in [1.29, 1.82) is 5.26 Å². The number of carbonyl (C=O) groups is 2. The number of nitrogens with zero attached hydrogens (tertiary/aromatic N) is 2. The molecule has 1 fully saturated rings. The third-order valence-corrected chi connectivity index (χ3v) is 5.71. The number of nitriles is 1. The summed E-state index contributed by atoms with van der Waals surface area (Å²) < 4.78 is 0. The molecule has 30 heavy (non-hydrogen) atoms. The van der Waals surface area contributed by atoms with E-state index in [0.29, 0.717) is 30.5 Å². The van der Waals surface area contributed by atoms with E-state index in [1.54, 1.807) is 35.2 Å². The van der Waals surface area contributed by atoms with E-state index in [4.69, 9.17) is 11.0 Å². The lowest BCUT2D eigenvalue weighted by molar-refractivity contribution is -0.132. The van der Waals surface area contributed by atoms with E-state index in [-0.39, 0.29) is 23.7 Å². The molecule has 0 radical (unpaired) electrons. The smallest absolute Gasteiger partial charge is 0.226 e. The van der Waals surface area contributed by atoms with Crippen molar-refractivity contribution in [1.82, 2.24) is 4.90 Å². The minimum Gasteiger partial charge on any atom is -0.337 e. The number of amides is 1. The highest BCUT2D eigenvalue weighted by Crippen LogP contribution is 2.30. The van der Waals surface area contributed by atoms with Crippen molar-refractivity contribution in [3.63, 3.8) is 0 Å². The van der Waals surface area contributed by atoms with Crippen LogP contribution in [-0.2, 0) is 11.2 Å². The van der Waals surface area contributed by atoms with Crippen LogP contribution in [0.15, 0.2) is 67.3 Å². The summed E-state index contributed by atoms with van der Waals surface area (Å²) in [5.41, 5.74) is 8.43. The van der Waals surface area contributed by atoms with Crippen LogP contribution in [0.3, 0.4) is 0 Å². The van der Waals surface area contributed by atoms with Gasteiger partial charge in [-0.25, -0.2) is 0 Å². The first-order chi connectivity index (χ1) is 14.5. The standard InChI is InChI=1S/C25H27N3O2/c1-2-8-21-16-22(23(27)24(29)20-13-6-11-19(15-20)17-26)28(25(21)30)14-7-12-18-9-4-3-5-10-18/h2-6,9-11,13,15,21-23H,1,7-8,12,14,16,27H2/t21-,22+,23?/m1/s1. The minimum atomic E-state index is -0.825. The van der Waals surface area contributed by atoms with E-state index >= 15 is 0 Å². The second-order valence-electron chi connectivity index (χ2n) is 7.73. The summed E-state index contributed by atoms with van der Waals surface area (Å²) >= 11 is 0. The van der Waals surface area contributed by atoms with Gasteiger partial charge in [-0.2, -0.15) is 5.26 Å². The maximum absolute atomic E-state index is 13.0. The van der Waals surface area contributed by atoms with Gasteiger partial charge in [-0.3, -0.25) is 9.59 Å². The normalized spacial score (nSPS) is 19.3. The van der Waals surface area contributed by atoms with Gasteiger partial charge < -0.3 is 10.6 Å². The second-order valence-corrected chi connectivity index (χ2v) is 7.73. The van der Waals surface area contributed by atoms with Gasteiger partial charge in [0.2, 0.25) is 5.91 Å². The summed E-state index contributed by atoms with van der Waals surface area (Å²) in [5, 5.41) is 9.10. The fourth-order valence-corrected chi connectivity index (χ4v) is 4.14. The van der Waals surface area contributed by atoms with E-state index in [2.05, 4.69) is 18.7 Å². The number of aryl methyl sites for hydroxylation is 1. The van der Waals surface area contributed by atoms with Gasteiger partial charge in [0.25, 0.3) is 0 Å². The molecule has 0 saturated carbocycles. The van der Waals surface area contributed by atoms with Crippen molar-refractivity contribution >= 4 is 11.7 Å². The van der Waals surface area contributed by atoms with Crippen LogP contribution >= 0.6 is 0 Å². The minimum absolute atomic E-state index is 0.0435. The fourth-order valence-electron chi connectivity index (χ4n) is 4.14. The van der Waals surface area contributed by atoms with Gasteiger partial charge in [-0.1, -0.05) is 48.5 Å². The number of carbonyl (C=O) groups excluding carboxylic acids is 2. The Balaban J connectivity index is 1.74. The average molecular weight is 402 g/mol. The third kappa shape index (κ3) is 4.84. The van der Waals surface area contributed by atoms with Crippen molar-refractivity contribution in [2.75, 3.05) is 6.54 Å². The SMILES string of the molecule is C=CC[C@@H]1C[C@@H](C(N)C(=O)c2cccc(C#N)c2)N(CCCc2ccccc2)C1=O. The Morgan fingerprint density at radius 1 is 1.27 bits per heavy atom. The van der Waals surface area contributed by atoms with Crippen molar-refractivity contribution in [3.05, 3.63) is 83.9 Å². The molecule has 0 bridgehead atoms. The number of nitrogens with two attached hydrogens (primary N) is 1. The van der Waals surface area contributed by atoms with Crippen LogP contribution in [0.2, 0.25) is 0 Å². The zero-order valence-corrected chi connectivity index (χ0v) is 17.0. The van der Waals surface area contributed by atoms with Crippen LogP contribution in [0.4, 0.5) is 0 Å². The topological polar surface area (TPSA) is 87.2 Å². The van der Waals surface area contributed by atoms with E-state index < -0.39 is 6.04 Å². The largest absolute Gasteiger partial charge is 0.337 e. The first-order valence-electron chi connectivity index (χ1n) is 10.3. The summed E-state index contributed by atoms with van der Waals surface area (Å²) in [4.78, 5) is 27.8. The number of Topliss-reactive ketones (excluding diaryl/α,β-unsaturated/α-hetero) is 1. The number of benzene rings is 2. The van der Waals surface area contributed by atoms with Gasteiger partial charge >= 0.3 is 0 Å². The predicted molar refractivity (Wildman–Crippen MR) is 117 cm³/mol. The molecule has 1 aliphatic heterocycles. The van der Waals surface area contributed by atoms with E-state index in [0.717, 1.165) is 12.8 Å². The molecule has 0 aliphatic carbocycles. The van der Waals surface area contributed by atoms with E-state index in [1.165, 1.54) is 5.56 Å². The number of hydrogen-bond donors (Lipinski definition) is 1. The molecule has 1 heterocycles. The number of allylic oxidation sites excluding steroid dienone is 1. The monoisotopic (exact) mass is 401 g/mol. The second kappa shape index (κ2) is 10.00. The molecule has 5 heteroatoms. The summed E-state index contributed by atoms with van der Waals surface area (Å²) in [7, 11) is 0. The molecule has 0 aromatic heterocycles. The van der Waals surface area contributed by atoms with Crippen LogP contribution < -0.4 is 5.73 Å². The first-order valence-corrected chi connectivity index (χ1v) is 10.3. The molecule has 2 aromatic rings. The molecule has 1 aliphatic rings. The molecule has 1 amide bonds. The van der Waals surface area contributed by atoms with Gasteiger partial charge in [-0.05, 0) is 43.4 Å². The lowest BCUT2D eigenvalue weighted by atomic mass is 9.93. The molecule has 3 rings (SSSR count). The quantitative estimate of drug-likeness (QED) is 0.515. The Hall–Kier alpha value is -3.23. The zero-order chi connectivity index (χ0) is 21.5. The van der Waals surface area contributed by atoms with Crippen LogP contribution in [0, 0.1) is 17.2 Å². The number of likely N-dealkylation sites (tertiary alicyclic amines) is 1. The van der Waals surface area contributed by atoms with Crippen molar-refractivity contribution < 1.29 is 9.59 Å². The van der Waals surface area contributed by atoms with Crippen molar-refractivity contribution in [3.8, 4) is 6.07 Å². The molecule has 2 aromatic carbocycles. The fraction of sp³-hybridized carbons (Fsp3) is 0.320. The third-order valence-electron chi connectivity index (χ3n) is 5.71. The molecule has 1 unspecified atom stereocenters. The average Bonchev–Trinajstić information content (AvgIpc) is 3.09. The summed E-state index contributed by atoms with van der Waals surface area (Å²) in [6.45, 7) is 4.32. The molecule has 1 saturated heterocycles. The Morgan fingerprint density at radius 2 is 2.03 bits per heavy atom. The van der Waals surface area contributed by atoms with E-state index in [1.807, 2.05) is 24.3 Å². The number of ketones is 1. The summed E-state index contributed by atoms with van der Waals surface area (Å²) in [6, 6.07) is 17.5. The molecular weight excluding hydrogens is 374 g/mol. The van der Waals surface area contributed by atoms with Crippen molar-refractivity contribution in [2.24, 2.45) is 11.7 Å². The van der Waals surface area contributed by atoms with Crippen LogP contribution in [0.25, 0.3) is 0 Å². The van der Waals surface area contributed by atoms with Gasteiger partial charge in [0.1, 0.15) is 0 Å². The highest BCUT2D eigenvalue weighted by molar-refractivity contribution is 6.01. The van der Waals surface area contributed by atoms with Crippen LogP contribution in [0.1, 0.15) is 40.7 Å². The molecule has 5 nitrogen and oxygen atoms in total. The zero-order valence-electron chi connectivity index (χ0n) is 17.0. The molecule has 154 valence electrons. The predicted octanol–water partition coefficient (Wildman–Crippen LogP) is 3.49. The maximum atomic E-state index is 13.0. The Labute approximate surface area is 177 Å². The van der Waals surface area contributed by atoms with Gasteiger partial charge in [0.15, 0.2) is 5.78 Å². The van der Waals surface area contributed by atoms with Gasteiger partial charge in [0, 0.05) is 18.0 Å². The Morgan fingerprint density at radius 3 is 2.73 bits per heavy atom. The molecular formula is C25H27N3O2. The van der Waals surface area contributed by atoms with Gasteiger partial charge in [0.05, 0.1) is 23.7 Å². The number of hydrogen-bond acceptors (Lipinski definition) is 4. The lowest BCUT2D eigenvalue weighted by Gasteiger charge is -2.29. The highest BCUT2D eigenvalue weighted by atomic mass is 16.2. The maximum Gasteiger partial charge on any atom is 0.226 e. The Bertz CT molecular complexity index is 948. The highest BCUT2D eigenvalue weighted by Gasteiger charge is 2.43. The molecule has 0 spiro atoms.